The summed E-state index contributed by atoms with van der Waals surface area (Å²) >= 11 is 0. The zero-order valence-corrected chi connectivity index (χ0v) is 17.6. The van der Waals surface area contributed by atoms with Gasteiger partial charge in [-0.1, -0.05) is 6.07 Å². The SMILES string of the molecule is Cc1cccnc1CNC(=O)c1cc(S(=O)(=O)c2ccc3[nH]ncc3c2)c(C)n1C. The molecule has 1 amide bonds. The lowest BCUT2D eigenvalue weighted by Gasteiger charge is -2.08. The molecule has 0 spiro atoms. The molecule has 0 unspecified atom stereocenters. The van der Waals surface area contributed by atoms with E-state index in [1.54, 1.807) is 43.1 Å². The van der Waals surface area contributed by atoms with Crippen LogP contribution in [-0.2, 0) is 23.4 Å². The van der Waals surface area contributed by atoms with Gasteiger partial charge in [-0.25, -0.2) is 8.42 Å². The van der Waals surface area contributed by atoms with E-state index < -0.39 is 9.84 Å². The fourth-order valence-corrected chi connectivity index (χ4v) is 4.91. The highest BCUT2D eigenvalue weighted by atomic mass is 32.2. The highest BCUT2D eigenvalue weighted by Gasteiger charge is 2.26. The highest BCUT2D eigenvalue weighted by molar-refractivity contribution is 7.91. The second-order valence-corrected chi connectivity index (χ2v) is 9.03. The van der Waals surface area contributed by atoms with Crippen molar-refractivity contribution in [1.29, 1.82) is 0 Å². The number of fused-ring (bicyclic) bond motifs is 1. The fourth-order valence-electron chi connectivity index (χ4n) is 3.33. The van der Waals surface area contributed by atoms with Gasteiger partial charge in [0.25, 0.3) is 5.91 Å². The molecule has 0 aliphatic rings. The first-order valence-corrected chi connectivity index (χ1v) is 10.8. The van der Waals surface area contributed by atoms with Crippen molar-refractivity contribution in [2.75, 3.05) is 0 Å². The number of benzene rings is 1. The van der Waals surface area contributed by atoms with Gasteiger partial charge in [0, 0.05) is 24.3 Å². The van der Waals surface area contributed by atoms with Gasteiger partial charge in [-0.05, 0) is 49.7 Å². The number of aromatic nitrogens is 4. The van der Waals surface area contributed by atoms with Gasteiger partial charge in [0.05, 0.1) is 33.7 Å². The van der Waals surface area contributed by atoms with Crippen LogP contribution in [0.3, 0.4) is 0 Å². The van der Waals surface area contributed by atoms with E-state index in [-0.39, 0.29) is 27.9 Å². The van der Waals surface area contributed by atoms with Gasteiger partial charge in [0.15, 0.2) is 0 Å². The number of hydrogen-bond donors (Lipinski definition) is 2. The van der Waals surface area contributed by atoms with Crippen molar-refractivity contribution in [3.8, 4) is 0 Å². The zero-order valence-electron chi connectivity index (χ0n) is 16.8. The molecule has 8 nitrogen and oxygen atoms in total. The Bertz CT molecular complexity index is 1370. The minimum absolute atomic E-state index is 0.104. The molecule has 30 heavy (non-hydrogen) atoms. The van der Waals surface area contributed by atoms with E-state index >= 15 is 0 Å². The van der Waals surface area contributed by atoms with E-state index in [0.717, 1.165) is 16.8 Å². The maximum atomic E-state index is 13.2. The number of sulfone groups is 1. The van der Waals surface area contributed by atoms with Crippen LogP contribution in [0.4, 0.5) is 0 Å². The number of H-pyrrole nitrogens is 1. The topological polar surface area (TPSA) is 110 Å². The van der Waals surface area contributed by atoms with Crippen molar-refractivity contribution in [2.45, 2.75) is 30.2 Å². The number of hydrogen-bond acceptors (Lipinski definition) is 5. The van der Waals surface area contributed by atoms with Gasteiger partial charge in [0.1, 0.15) is 5.69 Å². The van der Waals surface area contributed by atoms with Crippen LogP contribution in [0.2, 0.25) is 0 Å². The molecule has 0 fully saturated rings. The monoisotopic (exact) mass is 423 g/mol. The quantitative estimate of drug-likeness (QED) is 0.513. The minimum atomic E-state index is -3.80. The van der Waals surface area contributed by atoms with E-state index in [4.69, 9.17) is 0 Å². The summed E-state index contributed by atoms with van der Waals surface area (Å²) in [6, 6.07) is 9.96. The number of aryl methyl sites for hydroxylation is 1. The lowest BCUT2D eigenvalue weighted by atomic mass is 10.2. The van der Waals surface area contributed by atoms with Crippen molar-refractivity contribution in [3.05, 3.63) is 71.4 Å². The number of amides is 1. The third-order valence-corrected chi connectivity index (χ3v) is 7.13. The molecule has 1 aromatic carbocycles. The summed E-state index contributed by atoms with van der Waals surface area (Å²) in [5.74, 6) is -0.364. The summed E-state index contributed by atoms with van der Waals surface area (Å²) in [5.41, 5.74) is 3.24. The molecule has 3 aromatic heterocycles. The normalized spacial score (nSPS) is 11.7. The fraction of sp³-hybridized carbons (Fsp3) is 0.190. The van der Waals surface area contributed by atoms with Gasteiger partial charge in [-0.2, -0.15) is 5.10 Å². The van der Waals surface area contributed by atoms with E-state index in [9.17, 15) is 13.2 Å². The van der Waals surface area contributed by atoms with Crippen LogP contribution in [0.5, 0.6) is 0 Å². The summed E-state index contributed by atoms with van der Waals surface area (Å²) in [4.78, 5) is 17.3. The Balaban J connectivity index is 1.65. The molecule has 0 atom stereocenters. The van der Waals surface area contributed by atoms with E-state index in [2.05, 4.69) is 20.5 Å². The third kappa shape index (κ3) is 3.37. The van der Waals surface area contributed by atoms with Crippen LogP contribution in [0.25, 0.3) is 10.9 Å². The van der Waals surface area contributed by atoms with E-state index in [0.29, 0.717) is 11.1 Å². The van der Waals surface area contributed by atoms with Gasteiger partial charge >= 0.3 is 0 Å². The Labute approximate surface area is 173 Å². The van der Waals surface area contributed by atoms with Crippen molar-refractivity contribution < 1.29 is 13.2 Å². The molecule has 9 heteroatoms. The van der Waals surface area contributed by atoms with Gasteiger partial charge in [-0.3, -0.25) is 14.9 Å². The lowest BCUT2D eigenvalue weighted by Crippen LogP contribution is -2.25. The first-order valence-electron chi connectivity index (χ1n) is 9.32. The van der Waals surface area contributed by atoms with Crippen molar-refractivity contribution in [3.63, 3.8) is 0 Å². The molecule has 154 valence electrons. The molecular formula is C21H21N5O3S. The van der Waals surface area contributed by atoms with Crippen LogP contribution in [-0.4, -0.2) is 34.1 Å². The predicted octanol–water partition coefficient (Wildman–Crippen LogP) is 2.68. The van der Waals surface area contributed by atoms with E-state index in [1.807, 2.05) is 19.1 Å². The number of nitrogens with zero attached hydrogens (tertiary/aromatic N) is 3. The average molecular weight is 423 g/mol. The smallest absolute Gasteiger partial charge is 0.268 e. The Kier molecular flexibility index (Phi) is 4.90. The Morgan fingerprint density at radius 2 is 2.00 bits per heavy atom. The van der Waals surface area contributed by atoms with Crippen molar-refractivity contribution in [2.24, 2.45) is 7.05 Å². The molecule has 0 bridgehead atoms. The van der Waals surface area contributed by atoms with Gasteiger partial charge < -0.3 is 9.88 Å². The second kappa shape index (κ2) is 7.42. The molecule has 0 aliphatic heterocycles. The van der Waals surface area contributed by atoms with Crippen LogP contribution < -0.4 is 5.32 Å². The van der Waals surface area contributed by atoms with Crippen LogP contribution >= 0.6 is 0 Å². The average Bonchev–Trinajstić information content (AvgIpc) is 3.32. The molecule has 0 aliphatic carbocycles. The number of rotatable bonds is 5. The molecule has 0 saturated heterocycles. The Hall–Kier alpha value is -3.46. The minimum Gasteiger partial charge on any atom is -0.345 e. The molecule has 0 saturated carbocycles. The highest BCUT2D eigenvalue weighted by Crippen LogP contribution is 2.28. The first kappa shape index (κ1) is 19.8. The maximum Gasteiger partial charge on any atom is 0.268 e. The Morgan fingerprint density at radius 1 is 1.20 bits per heavy atom. The number of aromatic amines is 1. The summed E-state index contributed by atoms with van der Waals surface area (Å²) in [6.07, 6.45) is 3.24. The summed E-state index contributed by atoms with van der Waals surface area (Å²) in [5, 5.41) is 10.2. The number of carbonyl (C=O) groups is 1. The predicted molar refractivity (Wildman–Crippen MR) is 112 cm³/mol. The molecular weight excluding hydrogens is 402 g/mol. The zero-order chi connectivity index (χ0) is 21.5. The van der Waals surface area contributed by atoms with Crippen molar-refractivity contribution >= 4 is 26.6 Å². The standard InChI is InChI=1S/C21H21N5O3S/c1-13-5-4-8-22-18(13)12-23-21(27)19-10-20(14(2)26(19)3)30(28,29)16-6-7-17-15(9-16)11-24-25-17/h4-11H,12H2,1-3H3,(H,23,27)(H,24,25). The van der Waals surface area contributed by atoms with Gasteiger partial charge in [-0.15, -0.1) is 0 Å². The summed E-state index contributed by atoms with van der Waals surface area (Å²) in [6.45, 7) is 3.86. The number of carbonyl (C=O) groups excluding carboxylic acids is 1. The largest absolute Gasteiger partial charge is 0.345 e. The van der Waals surface area contributed by atoms with Crippen LogP contribution in [0.1, 0.15) is 27.4 Å². The van der Waals surface area contributed by atoms with Gasteiger partial charge in [0.2, 0.25) is 9.84 Å². The molecule has 3 heterocycles. The molecule has 4 aromatic rings. The summed E-state index contributed by atoms with van der Waals surface area (Å²) in [7, 11) is -2.13. The van der Waals surface area contributed by atoms with Crippen LogP contribution in [0.15, 0.2) is 58.6 Å². The van der Waals surface area contributed by atoms with Crippen LogP contribution in [0, 0.1) is 13.8 Å². The molecule has 4 rings (SSSR count). The molecule has 2 N–H and O–H groups in total. The third-order valence-electron chi connectivity index (χ3n) is 5.27. The second-order valence-electron chi connectivity index (χ2n) is 7.11. The van der Waals surface area contributed by atoms with Crippen molar-refractivity contribution in [1.82, 2.24) is 25.1 Å². The summed E-state index contributed by atoms with van der Waals surface area (Å²) < 4.78 is 28.1. The van der Waals surface area contributed by atoms with E-state index in [1.165, 1.54) is 12.1 Å². The number of pyridine rings is 1. The maximum absolute atomic E-state index is 13.2. The lowest BCUT2D eigenvalue weighted by molar-refractivity contribution is 0.0942. The number of nitrogens with one attached hydrogen (secondary N) is 2. The first-order chi connectivity index (χ1) is 14.3. The molecule has 0 radical (unpaired) electrons. The Morgan fingerprint density at radius 3 is 2.77 bits per heavy atom.